The molecule has 7 nitrogen and oxygen atoms in total. The molecule has 0 saturated carbocycles. The minimum Gasteiger partial charge on any atom is -0.489 e. The number of carbonyl (C=O) groups excluding carboxylic acids is 2. The Morgan fingerprint density at radius 2 is 2.16 bits per heavy atom. The van der Waals surface area contributed by atoms with Crippen molar-refractivity contribution in [3.05, 3.63) is 23.8 Å². The van der Waals surface area contributed by atoms with Gasteiger partial charge in [-0.25, -0.2) is 4.39 Å². The Labute approximate surface area is 146 Å². The van der Waals surface area contributed by atoms with Gasteiger partial charge in [0, 0.05) is 32.8 Å². The molecule has 0 fully saturated rings. The average Bonchev–Trinajstić information content (AvgIpc) is 2.62. The summed E-state index contributed by atoms with van der Waals surface area (Å²) in [7, 11) is 3.42. The number of hydrogen-bond donors (Lipinski definition) is 2. The lowest BCUT2D eigenvalue weighted by Crippen LogP contribution is -2.44. The predicted octanol–water partition coefficient (Wildman–Crippen LogP) is 0.736. The molecule has 2 rings (SSSR count). The van der Waals surface area contributed by atoms with Gasteiger partial charge >= 0.3 is 0 Å². The predicted molar refractivity (Wildman–Crippen MR) is 91.9 cm³/mol. The van der Waals surface area contributed by atoms with E-state index in [1.54, 1.807) is 25.3 Å². The highest BCUT2D eigenvalue weighted by Crippen LogP contribution is 2.34. The monoisotopic (exact) mass is 353 g/mol. The maximum Gasteiger partial charge on any atom is 0.251 e. The summed E-state index contributed by atoms with van der Waals surface area (Å²) in [6, 6.07) is 5.00. The summed E-state index contributed by atoms with van der Waals surface area (Å²) in [5.74, 6) is 0.238. The van der Waals surface area contributed by atoms with Gasteiger partial charge < -0.3 is 25.0 Å². The number of likely N-dealkylation sites (N-methyl/N-ethyl adjacent to an activating group) is 1. The first-order chi connectivity index (χ1) is 12.1. The number of carbonyl (C=O) groups is 2. The van der Waals surface area contributed by atoms with Crippen molar-refractivity contribution in [3.63, 3.8) is 0 Å². The van der Waals surface area contributed by atoms with Gasteiger partial charge in [-0.05, 0) is 18.2 Å². The van der Waals surface area contributed by atoms with Crippen molar-refractivity contribution < 1.29 is 23.5 Å². The van der Waals surface area contributed by atoms with E-state index in [9.17, 15) is 14.0 Å². The smallest absolute Gasteiger partial charge is 0.251 e. The molecular weight excluding hydrogens is 329 g/mol. The zero-order valence-corrected chi connectivity index (χ0v) is 14.5. The first-order valence-electron chi connectivity index (χ1n) is 8.16. The molecule has 0 bridgehead atoms. The van der Waals surface area contributed by atoms with Crippen molar-refractivity contribution in [2.45, 2.75) is 12.5 Å². The van der Waals surface area contributed by atoms with E-state index in [0.717, 1.165) is 5.69 Å². The van der Waals surface area contributed by atoms with Crippen molar-refractivity contribution in [3.8, 4) is 5.75 Å². The fourth-order valence-corrected chi connectivity index (χ4v) is 2.59. The van der Waals surface area contributed by atoms with Gasteiger partial charge in [-0.3, -0.25) is 9.59 Å². The number of fused-ring (bicyclic) bond motifs is 1. The molecule has 0 saturated heterocycles. The Bertz CT molecular complexity index is 612. The molecule has 8 heteroatoms. The lowest BCUT2D eigenvalue weighted by molar-refractivity contribution is -0.121. The first-order valence-corrected chi connectivity index (χ1v) is 8.16. The van der Waals surface area contributed by atoms with Crippen LogP contribution in [0.4, 0.5) is 10.1 Å². The summed E-state index contributed by atoms with van der Waals surface area (Å²) in [5.41, 5.74) is 1.25. The SMILES string of the molecule is COCCNC(=O)c1ccc2c(c1)N(C)[C@H](CC(=O)NCCF)CO2. The van der Waals surface area contributed by atoms with Crippen LogP contribution in [0, 0.1) is 0 Å². The highest BCUT2D eigenvalue weighted by molar-refractivity contribution is 5.95. The van der Waals surface area contributed by atoms with Crippen molar-refractivity contribution in [2.24, 2.45) is 0 Å². The van der Waals surface area contributed by atoms with Gasteiger partial charge in [-0.2, -0.15) is 0 Å². The summed E-state index contributed by atoms with van der Waals surface area (Å²) in [5, 5.41) is 5.28. The third kappa shape index (κ3) is 5.06. The van der Waals surface area contributed by atoms with Crippen LogP contribution in [0.3, 0.4) is 0 Å². The fourth-order valence-electron chi connectivity index (χ4n) is 2.59. The van der Waals surface area contributed by atoms with Gasteiger partial charge in [0.15, 0.2) is 0 Å². The van der Waals surface area contributed by atoms with Crippen LogP contribution >= 0.6 is 0 Å². The van der Waals surface area contributed by atoms with Gasteiger partial charge in [0.25, 0.3) is 5.91 Å². The number of nitrogens with one attached hydrogen (secondary N) is 2. The van der Waals surface area contributed by atoms with Crippen LogP contribution in [-0.4, -0.2) is 65.0 Å². The molecule has 1 aromatic carbocycles. The van der Waals surface area contributed by atoms with Crippen LogP contribution in [0.15, 0.2) is 18.2 Å². The van der Waals surface area contributed by atoms with E-state index in [4.69, 9.17) is 9.47 Å². The van der Waals surface area contributed by atoms with Gasteiger partial charge in [-0.1, -0.05) is 0 Å². The molecule has 0 spiro atoms. The number of hydrogen-bond acceptors (Lipinski definition) is 5. The Balaban J connectivity index is 2.05. The van der Waals surface area contributed by atoms with Crippen LogP contribution < -0.4 is 20.3 Å². The number of methoxy groups -OCH3 is 1. The number of halogens is 1. The highest BCUT2D eigenvalue weighted by Gasteiger charge is 2.27. The summed E-state index contributed by atoms with van der Waals surface area (Å²) in [6.07, 6.45) is 0.195. The van der Waals surface area contributed by atoms with Crippen LogP contribution in [-0.2, 0) is 9.53 Å². The number of alkyl halides is 1. The van der Waals surface area contributed by atoms with Crippen LogP contribution in [0.1, 0.15) is 16.8 Å². The molecular formula is C17H24FN3O4. The zero-order chi connectivity index (χ0) is 18.2. The van der Waals surface area contributed by atoms with Crippen molar-refractivity contribution in [1.29, 1.82) is 0 Å². The van der Waals surface area contributed by atoms with Gasteiger partial charge in [0.05, 0.1) is 24.8 Å². The maximum atomic E-state index is 12.2. The summed E-state index contributed by atoms with van der Waals surface area (Å²) < 4.78 is 22.7. The second kappa shape index (κ2) is 9.22. The van der Waals surface area contributed by atoms with Gasteiger partial charge in [0.2, 0.25) is 5.91 Å². The number of nitrogens with zero attached hydrogens (tertiary/aromatic N) is 1. The molecule has 0 unspecified atom stereocenters. The molecule has 1 aliphatic rings. The van der Waals surface area contributed by atoms with E-state index in [1.165, 1.54) is 0 Å². The van der Waals surface area contributed by atoms with Crippen LogP contribution in [0.25, 0.3) is 0 Å². The molecule has 0 aromatic heterocycles. The number of rotatable bonds is 8. The van der Waals surface area contributed by atoms with E-state index in [1.807, 2.05) is 11.9 Å². The average molecular weight is 353 g/mol. The highest BCUT2D eigenvalue weighted by atomic mass is 19.1. The number of ether oxygens (including phenoxy) is 2. The number of benzene rings is 1. The standard InChI is InChI=1S/C17H24FN3O4/c1-21-13(10-16(22)19-6-5-18)11-25-15-4-3-12(9-14(15)21)17(23)20-7-8-24-2/h3-4,9,13H,5-8,10-11H2,1-2H3,(H,19,22)(H,20,23)/t13-/m1/s1. The molecule has 1 aliphatic heterocycles. The minimum absolute atomic E-state index is 0.0124. The van der Waals surface area contributed by atoms with E-state index in [0.29, 0.717) is 31.1 Å². The molecule has 138 valence electrons. The summed E-state index contributed by atoms with van der Waals surface area (Å²) in [4.78, 5) is 25.9. The Hall–Kier alpha value is -2.35. The fraction of sp³-hybridized carbons (Fsp3) is 0.529. The molecule has 2 N–H and O–H groups in total. The largest absolute Gasteiger partial charge is 0.489 e. The topological polar surface area (TPSA) is 79.9 Å². The zero-order valence-electron chi connectivity index (χ0n) is 14.5. The van der Waals surface area contributed by atoms with E-state index in [-0.39, 0.29) is 30.8 Å². The summed E-state index contributed by atoms with van der Waals surface area (Å²) >= 11 is 0. The third-order valence-corrected chi connectivity index (χ3v) is 4.01. The normalized spacial score (nSPS) is 16.0. The number of anilines is 1. The molecule has 25 heavy (non-hydrogen) atoms. The quantitative estimate of drug-likeness (QED) is 0.674. The second-order valence-electron chi connectivity index (χ2n) is 5.75. The van der Waals surface area contributed by atoms with E-state index >= 15 is 0 Å². The van der Waals surface area contributed by atoms with Crippen molar-refractivity contribution in [1.82, 2.24) is 10.6 Å². The Kier molecular flexibility index (Phi) is 7.00. The van der Waals surface area contributed by atoms with Crippen molar-refractivity contribution in [2.75, 3.05) is 52.0 Å². The van der Waals surface area contributed by atoms with E-state index < -0.39 is 6.67 Å². The molecule has 2 amide bonds. The molecule has 1 atom stereocenters. The molecule has 1 heterocycles. The van der Waals surface area contributed by atoms with Crippen molar-refractivity contribution >= 4 is 17.5 Å². The lowest BCUT2D eigenvalue weighted by atomic mass is 10.1. The van der Waals surface area contributed by atoms with Crippen LogP contribution in [0.2, 0.25) is 0 Å². The lowest BCUT2D eigenvalue weighted by Gasteiger charge is -2.35. The summed E-state index contributed by atoms with van der Waals surface area (Å²) in [6.45, 7) is 0.642. The number of amides is 2. The van der Waals surface area contributed by atoms with Crippen LogP contribution in [0.5, 0.6) is 5.75 Å². The van der Waals surface area contributed by atoms with Gasteiger partial charge in [0.1, 0.15) is 19.0 Å². The Morgan fingerprint density at radius 3 is 2.88 bits per heavy atom. The minimum atomic E-state index is -0.590. The molecule has 0 radical (unpaired) electrons. The Morgan fingerprint density at radius 1 is 1.36 bits per heavy atom. The third-order valence-electron chi connectivity index (χ3n) is 4.01. The van der Waals surface area contributed by atoms with Gasteiger partial charge in [-0.15, -0.1) is 0 Å². The molecule has 0 aliphatic carbocycles. The molecule has 1 aromatic rings. The second-order valence-corrected chi connectivity index (χ2v) is 5.75. The maximum absolute atomic E-state index is 12.2. The van der Waals surface area contributed by atoms with E-state index in [2.05, 4.69) is 10.6 Å². The first kappa shape index (κ1) is 19.0.